The molecule has 0 aromatic heterocycles. The monoisotopic (exact) mass is 451 g/mol. The number of hydrogen-bond donors (Lipinski definition) is 0. The average molecular weight is 452 g/mol. The molecule has 0 radical (unpaired) electrons. The van der Waals surface area contributed by atoms with E-state index in [1.165, 1.54) is 30.7 Å². The first-order chi connectivity index (χ1) is 14.8. The Bertz CT molecular complexity index is 1050. The standard InChI is InChI=1S/C20H25N3O7S/c1-21(14-15-5-4-6-19(28-2)20(15)29-3)17-8-7-16(13-18(17)23(24)25)31(26,27)22-9-11-30-12-10-22/h4-8,13H,9-12,14H2,1-3H3. The molecule has 0 bridgehead atoms. The normalized spacial score (nSPS) is 14.8. The maximum absolute atomic E-state index is 12.9. The van der Waals surface area contributed by atoms with Crippen molar-refractivity contribution in [1.82, 2.24) is 4.31 Å². The van der Waals surface area contributed by atoms with Crippen molar-refractivity contribution in [1.29, 1.82) is 0 Å². The number of methoxy groups -OCH3 is 2. The van der Waals surface area contributed by atoms with E-state index in [2.05, 4.69) is 0 Å². The second kappa shape index (κ2) is 9.50. The fourth-order valence-electron chi connectivity index (χ4n) is 3.49. The van der Waals surface area contributed by atoms with E-state index in [1.54, 1.807) is 24.1 Å². The van der Waals surface area contributed by atoms with Crippen molar-refractivity contribution in [3.63, 3.8) is 0 Å². The number of benzene rings is 2. The summed E-state index contributed by atoms with van der Waals surface area (Å²) in [6.07, 6.45) is 0. The first kappa shape index (κ1) is 22.8. The van der Waals surface area contributed by atoms with E-state index >= 15 is 0 Å². The summed E-state index contributed by atoms with van der Waals surface area (Å²) in [5.41, 5.74) is 0.762. The van der Waals surface area contributed by atoms with Gasteiger partial charge in [-0.1, -0.05) is 12.1 Å². The molecule has 0 saturated carbocycles. The molecule has 1 aliphatic heterocycles. The van der Waals surface area contributed by atoms with Gasteiger partial charge in [-0.2, -0.15) is 4.31 Å². The SMILES string of the molecule is COc1cccc(CN(C)c2ccc(S(=O)(=O)N3CCOCC3)cc2[N+](=O)[O-])c1OC. The van der Waals surface area contributed by atoms with Gasteiger partial charge >= 0.3 is 0 Å². The van der Waals surface area contributed by atoms with Gasteiger partial charge in [0.1, 0.15) is 5.69 Å². The number of nitro benzene ring substituents is 1. The van der Waals surface area contributed by atoms with E-state index in [1.807, 2.05) is 6.07 Å². The summed E-state index contributed by atoms with van der Waals surface area (Å²) in [6, 6.07) is 9.36. The van der Waals surface area contributed by atoms with E-state index in [0.29, 0.717) is 24.7 Å². The Kier molecular flexibility index (Phi) is 6.98. The van der Waals surface area contributed by atoms with Crippen LogP contribution in [0.25, 0.3) is 0 Å². The minimum absolute atomic E-state index is 0.114. The van der Waals surface area contributed by atoms with Gasteiger partial charge in [-0.05, 0) is 18.2 Å². The highest BCUT2D eigenvalue weighted by Gasteiger charge is 2.29. The minimum atomic E-state index is -3.85. The van der Waals surface area contributed by atoms with E-state index < -0.39 is 14.9 Å². The molecule has 2 aromatic rings. The van der Waals surface area contributed by atoms with Gasteiger partial charge in [0.15, 0.2) is 11.5 Å². The van der Waals surface area contributed by atoms with Gasteiger partial charge in [0, 0.05) is 38.3 Å². The molecular formula is C20H25N3O7S. The van der Waals surface area contributed by atoms with Gasteiger partial charge in [-0.15, -0.1) is 0 Å². The largest absolute Gasteiger partial charge is 0.493 e. The predicted molar refractivity (Wildman–Crippen MR) is 114 cm³/mol. The Labute approximate surface area is 181 Å². The molecule has 1 aliphatic rings. The molecule has 168 valence electrons. The Morgan fingerprint density at radius 1 is 1.16 bits per heavy atom. The van der Waals surface area contributed by atoms with E-state index in [9.17, 15) is 18.5 Å². The summed E-state index contributed by atoms with van der Waals surface area (Å²) in [4.78, 5) is 12.7. The number of nitrogens with zero attached hydrogens (tertiary/aromatic N) is 3. The molecule has 0 spiro atoms. The molecule has 1 saturated heterocycles. The number of anilines is 1. The second-order valence-electron chi connectivity index (χ2n) is 6.93. The highest BCUT2D eigenvalue weighted by atomic mass is 32.2. The van der Waals surface area contributed by atoms with Gasteiger partial charge < -0.3 is 19.1 Å². The minimum Gasteiger partial charge on any atom is -0.493 e. The van der Waals surface area contributed by atoms with Crippen molar-refractivity contribution in [2.45, 2.75) is 11.4 Å². The Morgan fingerprint density at radius 3 is 2.48 bits per heavy atom. The summed E-state index contributed by atoms with van der Waals surface area (Å²) in [6.45, 7) is 1.31. The lowest BCUT2D eigenvalue weighted by Crippen LogP contribution is -2.40. The summed E-state index contributed by atoms with van der Waals surface area (Å²) in [7, 11) is 0.901. The van der Waals surface area contributed by atoms with Gasteiger partial charge in [-0.25, -0.2) is 8.42 Å². The average Bonchev–Trinajstić information content (AvgIpc) is 2.78. The van der Waals surface area contributed by atoms with Crippen LogP contribution in [0.5, 0.6) is 11.5 Å². The van der Waals surface area contributed by atoms with Crippen molar-refractivity contribution in [3.05, 3.63) is 52.1 Å². The summed E-state index contributed by atoms with van der Waals surface area (Å²) < 4.78 is 43.0. The first-order valence-electron chi connectivity index (χ1n) is 9.57. The predicted octanol–water partition coefficient (Wildman–Crippen LogP) is 2.27. The topological polar surface area (TPSA) is 111 Å². The summed E-state index contributed by atoms with van der Waals surface area (Å²) in [5, 5.41) is 11.8. The highest BCUT2D eigenvalue weighted by Crippen LogP contribution is 2.35. The molecule has 0 atom stereocenters. The Hall–Kier alpha value is -2.89. The van der Waals surface area contributed by atoms with Crippen molar-refractivity contribution in [2.24, 2.45) is 0 Å². The second-order valence-corrected chi connectivity index (χ2v) is 8.87. The van der Waals surface area contributed by atoms with Gasteiger partial charge in [0.25, 0.3) is 5.69 Å². The van der Waals surface area contributed by atoms with Crippen molar-refractivity contribution in [2.75, 3.05) is 52.5 Å². The van der Waals surface area contributed by atoms with Crippen LogP contribution < -0.4 is 14.4 Å². The fraction of sp³-hybridized carbons (Fsp3) is 0.400. The maximum atomic E-state index is 12.9. The molecule has 0 N–H and O–H groups in total. The van der Waals surface area contributed by atoms with Crippen LogP contribution in [0.3, 0.4) is 0 Å². The lowest BCUT2D eigenvalue weighted by molar-refractivity contribution is -0.384. The lowest BCUT2D eigenvalue weighted by atomic mass is 10.1. The van der Waals surface area contributed by atoms with Gasteiger partial charge in [0.2, 0.25) is 10.0 Å². The number of hydrogen-bond acceptors (Lipinski definition) is 8. The quantitative estimate of drug-likeness (QED) is 0.444. The molecule has 1 fully saturated rings. The molecule has 0 aliphatic carbocycles. The van der Waals surface area contributed by atoms with Crippen LogP contribution in [0.1, 0.15) is 5.56 Å². The molecule has 1 heterocycles. The van der Waals surface area contributed by atoms with E-state index in [0.717, 1.165) is 11.6 Å². The maximum Gasteiger partial charge on any atom is 0.293 e. The van der Waals surface area contributed by atoms with Crippen LogP contribution in [0.15, 0.2) is 41.3 Å². The highest BCUT2D eigenvalue weighted by molar-refractivity contribution is 7.89. The number of para-hydroxylation sites is 1. The van der Waals surface area contributed by atoms with Crippen molar-refractivity contribution < 1.29 is 27.6 Å². The van der Waals surface area contributed by atoms with Crippen LogP contribution in [0.4, 0.5) is 11.4 Å². The molecule has 0 unspecified atom stereocenters. The van der Waals surface area contributed by atoms with Crippen LogP contribution >= 0.6 is 0 Å². The molecule has 11 heteroatoms. The fourth-order valence-corrected chi connectivity index (χ4v) is 4.92. The molecule has 0 amide bonds. The van der Waals surface area contributed by atoms with Crippen LogP contribution in [-0.2, 0) is 21.3 Å². The van der Waals surface area contributed by atoms with Crippen LogP contribution in [0.2, 0.25) is 0 Å². The number of sulfonamides is 1. The molecular weight excluding hydrogens is 426 g/mol. The zero-order valence-electron chi connectivity index (χ0n) is 17.6. The number of morpholine rings is 1. The van der Waals surface area contributed by atoms with Crippen LogP contribution in [0, 0.1) is 10.1 Å². The number of ether oxygens (including phenoxy) is 3. The third-order valence-corrected chi connectivity index (χ3v) is 6.95. The molecule has 31 heavy (non-hydrogen) atoms. The van der Waals surface area contributed by atoms with Crippen LogP contribution in [-0.4, -0.2) is 65.2 Å². The third kappa shape index (κ3) is 4.73. The number of rotatable bonds is 8. The van der Waals surface area contributed by atoms with Crippen molar-refractivity contribution in [3.8, 4) is 11.5 Å². The lowest BCUT2D eigenvalue weighted by Gasteiger charge is -2.26. The zero-order valence-corrected chi connectivity index (χ0v) is 18.4. The van der Waals surface area contributed by atoms with E-state index in [-0.39, 0.29) is 35.9 Å². The summed E-state index contributed by atoms with van der Waals surface area (Å²) in [5.74, 6) is 1.08. The molecule has 3 rings (SSSR count). The first-order valence-corrected chi connectivity index (χ1v) is 11.0. The van der Waals surface area contributed by atoms with Crippen molar-refractivity contribution >= 4 is 21.4 Å². The number of nitro groups is 1. The third-order valence-electron chi connectivity index (χ3n) is 5.05. The summed E-state index contributed by atoms with van der Waals surface area (Å²) >= 11 is 0. The molecule has 2 aromatic carbocycles. The van der Waals surface area contributed by atoms with E-state index in [4.69, 9.17) is 14.2 Å². The van der Waals surface area contributed by atoms with Gasteiger partial charge in [-0.3, -0.25) is 10.1 Å². The smallest absolute Gasteiger partial charge is 0.293 e. The zero-order chi connectivity index (χ0) is 22.6. The Morgan fingerprint density at radius 2 is 1.87 bits per heavy atom. The molecule has 10 nitrogen and oxygen atoms in total. The van der Waals surface area contributed by atoms with Gasteiger partial charge in [0.05, 0.1) is 37.3 Å². The Balaban J connectivity index is 1.94.